The van der Waals surface area contributed by atoms with Crippen LogP contribution in [0, 0.1) is 17.3 Å². The maximum absolute atomic E-state index is 12.7. The highest BCUT2D eigenvalue weighted by Gasteiger charge is 2.35. The van der Waals surface area contributed by atoms with E-state index in [0.29, 0.717) is 38.9 Å². The summed E-state index contributed by atoms with van der Waals surface area (Å²) in [7, 11) is 1.32. The summed E-state index contributed by atoms with van der Waals surface area (Å²) >= 11 is 0. The van der Waals surface area contributed by atoms with Crippen molar-refractivity contribution < 1.29 is 38.5 Å². The Hall–Kier alpha value is -3.78. The Labute approximate surface area is 222 Å². The van der Waals surface area contributed by atoms with Crippen molar-refractivity contribution in [2.75, 3.05) is 20.3 Å². The summed E-state index contributed by atoms with van der Waals surface area (Å²) in [5.41, 5.74) is 2.13. The third-order valence-electron chi connectivity index (χ3n) is 6.36. The molecule has 3 N–H and O–H groups in total. The Kier molecular flexibility index (Phi) is 9.58. The van der Waals surface area contributed by atoms with Crippen molar-refractivity contribution in [1.29, 1.82) is 0 Å². The molecule has 1 aromatic rings. The SMILES string of the molecule is COC(=O)[C@@H]1C[C@@H](OC(=O)N2Cc3cccc(C#CCCCOC(=O)N[C@H](C(=O)O)C(C)(C)C)c3C2)CN1. The third kappa shape index (κ3) is 7.61. The van der Waals surface area contributed by atoms with Gasteiger partial charge >= 0.3 is 24.1 Å². The van der Waals surface area contributed by atoms with Crippen LogP contribution in [0.2, 0.25) is 0 Å². The first kappa shape index (κ1) is 28.8. The Bertz CT molecular complexity index is 1120. The number of carboxylic acids is 1. The van der Waals surface area contributed by atoms with Crippen LogP contribution >= 0.6 is 0 Å². The Morgan fingerprint density at radius 2 is 2.00 bits per heavy atom. The van der Waals surface area contributed by atoms with Crippen LogP contribution in [0.25, 0.3) is 0 Å². The molecule has 1 fully saturated rings. The number of methoxy groups -OCH3 is 1. The van der Waals surface area contributed by atoms with Gasteiger partial charge in [0.1, 0.15) is 18.2 Å². The maximum Gasteiger partial charge on any atom is 0.410 e. The van der Waals surface area contributed by atoms with Crippen molar-refractivity contribution in [1.82, 2.24) is 15.5 Å². The molecule has 206 valence electrons. The van der Waals surface area contributed by atoms with Gasteiger partial charge < -0.3 is 30.0 Å². The van der Waals surface area contributed by atoms with Crippen LogP contribution in [0.1, 0.15) is 56.7 Å². The third-order valence-corrected chi connectivity index (χ3v) is 6.36. The fraction of sp³-hybridized carbons (Fsp3) is 0.556. The second-order valence-corrected chi connectivity index (χ2v) is 10.3. The molecule has 0 unspecified atom stereocenters. The summed E-state index contributed by atoms with van der Waals surface area (Å²) < 4.78 is 15.4. The zero-order valence-corrected chi connectivity index (χ0v) is 22.2. The molecule has 0 bridgehead atoms. The largest absolute Gasteiger partial charge is 0.480 e. The number of carboxylic acid groups (broad SMARTS) is 1. The van der Waals surface area contributed by atoms with E-state index in [-0.39, 0.29) is 12.6 Å². The molecule has 2 aliphatic heterocycles. The molecule has 3 atom stereocenters. The van der Waals surface area contributed by atoms with E-state index in [1.807, 2.05) is 18.2 Å². The monoisotopic (exact) mass is 529 g/mol. The average molecular weight is 530 g/mol. The number of nitrogens with one attached hydrogen (secondary N) is 2. The predicted molar refractivity (Wildman–Crippen MR) is 136 cm³/mol. The lowest BCUT2D eigenvalue weighted by Gasteiger charge is -2.27. The molecule has 0 aromatic heterocycles. The van der Waals surface area contributed by atoms with Gasteiger partial charge in [-0.05, 0) is 29.0 Å². The summed E-state index contributed by atoms with van der Waals surface area (Å²) in [4.78, 5) is 49.3. The minimum absolute atomic E-state index is 0.108. The van der Waals surface area contributed by atoms with E-state index in [1.165, 1.54) is 7.11 Å². The van der Waals surface area contributed by atoms with E-state index in [9.17, 15) is 24.3 Å². The van der Waals surface area contributed by atoms with Gasteiger partial charge in [0, 0.05) is 31.5 Å². The van der Waals surface area contributed by atoms with Gasteiger partial charge in [0.25, 0.3) is 0 Å². The molecule has 0 saturated carbocycles. The van der Waals surface area contributed by atoms with Crippen LogP contribution in [0.15, 0.2) is 18.2 Å². The Morgan fingerprint density at radius 1 is 1.24 bits per heavy atom. The van der Waals surface area contributed by atoms with Crippen LogP contribution in [-0.2, 0) is 36.9 Å². The minimum atomic E-state index is -1.12. The number of benzene rings is 1. The first-order valence-electron chi connectivity index (χ1n) is 12.5. The second-order valence-electron chi connectivity index (χ2n) is 10.3. The predicted octanol–water partition coefficient (Wildman–Crippen LogP) is 2.40. The van der Waals surface area contributed by atoms with Gasteiger partial charge in [-0.25, -0.2) is 14.4 Å². The summed E-state index contributed by atoms with van der Waals surface area (Å²) in [6, 6.07) is 4.21. The molecule has 0 spiro atoms. The van der Waals surface area contributed by atoms with Crippen molar-refractivity contribution in [2.24, 2.45) is 5.41 Å². The molecule has 2 aliphatic rings. The number of fused-ring (bicyclic) bond motifs is 1. The molecule has 1 aromatic carbocycles. The first-order valence-corrected chi connectivity index (χ1v) is 12.5. The van der Waals surface area contributed by atoms with Gasteiger partial charge in [0.05, 0.1) is 20.3 Å². The maximum atomic E-state index is 12.7. The smallest absolute Gasteiger partial charge is 0.410 e. The van der Waals surface area contributed by atoms with E-state index in [4.69, 9.17) is 14.2 Å². The minimum Gasteiger partial charge on any atom is -0.480 e. The highest BCUT2D eigenvalue weighted by Crippen LogP contribution is 2.27. The topological polar surface area (TPSA) is 144 Å². The van der Waals surface area contributed by atoms with Crippen molar-refractivity contribution in [3.05, 3.63) is 34.9 Å². The normalized spacial score (nSPS) is 19.0. The van der Waals surface area contributed by atoms with E-state index in [2.05, 4.69) is 22.5 Å². The number of hydrogen-bond acceptors (Lipinski definition) is 8. The lowest BCUT2D eigenvalue weighted by Crippen LogP contribution is -2.49. The number of alkyl carbamates (subject to hydrolysis) is 1. The molecule has 1 saturated heterocycles. The van der Waals surface area contributed by atoms with Crippen molar-refractivity contribution in [2.45, 2.75) is 71.3 Å². The number of rotatable bonds is 7. The number of ether oxygens (including phenoxy) is 3. The Morgan fingerprint density at radius 3 is 2.68 bits per heavy atom. The molecule has 11 heteroatoms. The second kappa shape index (κ2) is 12.6. The molecular weight excluding hydrogens is 494 g/mol. The summed E-state index contributed by atoms with van der Waals surface area (Å²) in [5, 5.41) is 14.7. The molecule has 11 nitrogen and oxygen atoms in total. The van der Waals surface area contributed by atoms with Crippen molar-refractivity contribution in [3.63, 3.8) is 0 Å². The molecule has 2 amide bonds. The molecule has 0 radical (unpaired) electrons. The fourth-order valence-corrected chi connectivity index (χ4v) is 4.29. The zero-order valence-electron chi connectivity index (χ0n) is 22.2. The molecule has 0 aliphatic carbocycles. The van der Waals surface area contributed by atoms with E-state index in [1.54, 1.807) is 25.7 Å². The van der Waals surface area contributed by atoms with Gasteiger partial charge in [0.2, 0.25) is 0 Å². The molecule has 3 rings (SSSR count). The number of carbonyl (C=O) groups is 4. The number of hydrogen-bond donors (Lipinski definition) is 3. The van der Waals surface area contributed by atoms with Crippen LogP contribution < -0.4 is 10.6 Å². The van der Waals surface area contributed by atoms with Crippen molar-refractivity contribution in [3.8, 4) is 11.8 Å². The number of nitrogens with zero attached hydrogens (tertiary/aromatic N) is 1. The van der Waals surface area contributed by atoms with Crippen LogP contribution in [0.5, 0.6) is 0 Å². The highest BCUT2D eigenvalue weighted by molar-refractivity contribution is 5.80. The van der Waals surface area contributed by atoms with E-state index >= 15 is 0 Å². The van der Waals surface area contributed by atoms with Crippen molar-refractivity contribution >= 4 is 24.1 Å². The lowest BCUT2D eigenvalue weighted by atomic mass is 9.87. The van der Waals surface area contributed by atoms with E-state index < -0.39 is 41.8 Å². The van der Waals surface area contributed by atoms with Gasteiger partial charge in [0.15, 0.2) is 0 Å². The van der Waals surface area contributed by atoms with Crippen LogP contribution in [0.4, 0.5) is 9.59 Å². The van der Waals surface area contributed by atoms with Crippen LogP contribution in [-0.4, -0.2) is 72.6 Å². The standard InChI is InChI=1S/C27H35N3O8/c1-27(2,3)22(23(31)32)29-25(34)37-12-7-5-6-9-17-10-8-11-18-15-30(16-20(17)18)26(35)38-19-13-21(28-14-19)24(33)36-4/h8,10-11,19,21-22,28H,5,7,12-16H2,1-4H3,(H,29,34)(H,31,32)/t19-,21+,22-/m1/s1. The molecule has 38 heavy (non-hydrogen) atoms. The number of esters is 1. The zero-order chi connectivity index (χ0) is 27.9. The lowest BCUT2D eigenvalue weighted by molar-refractivity contribution is -0.143. The summed E-state index contributed by atoms with van der Waals surface area (Å²) in [5.74, 6) is 4.71. The highest BCUT2D eigenvalue weighted by atomic mass is 16.6. The fourth-order valence-electron chi connectivity index (χ4n) is 4.29. The van der Waals surface area contributed by atoms with Gasteiger partial charge in [-0.2, -0.15) is 0 Å². The average Bonchev–Trinajstić information content (AvgIpc) is 3.51. The van der Waals surface area contributed by atoms with Gasteiger partial charge in [-0.15, -0.1) is 0 Å². The number of carbonyl (C=O) groups excluding carboxylic acids is 3. The number of amides is 2. The Balaban J connectivity index is 1.45. The summed E-state index contributed by atoms with van der Waals surface area (Å²) in [6.07, 6.45) is -0.282. The van der Waals surface area contributed by atoms with Gasteiger partial charge in [-0.3, -0.25) is 9.69 Å². The number of aliphatic carboxylic acids is 1. The molecular formula is C27H35N3O8. The molecule has 2 heterocycles. The summed E-state index contributed by atoms with van der Waals surface area (Å²) in [6.45, 7) is 6.46. The first-order chi connectivity index (χ1) is 18.0. The van der Waals surface area contributed by atoms with E-state index in [0.717, 1.165) is 16.7 Å². The van der Waals surface area contributed by atoms with Crippen LogP contribution in [0.3, 0.4) is 0 Å². The number of unbranched alkanes of at least 4 members (excludes halogenated alkanes) is 1. The quantitative estimate of drug-likeness (QED) is 0.210. The van der Waals surface area contributed by atoms with Gasteiger partial charge in [-0.1, -0.05) is 44.7 Å².